The van der Waals surface area contributed by atoms with E-state index >= 15 is 0 Å². The molecule has 3 N–H and O–H groups in total. The quantitative estimate of drug-likeness (QED) is 0.642. The van der Waals surface area contributed by atoms with Crippen LogP contribution in [0.4, 0.5) is 4.79 Å². The third kappa shape index (κ3) is 3.68. The van der Waals surface area contributed by atoms with Gasteiger partial charge in [-0.2, -0.15) is 0 Å². The Balaban J connectivity index is 1.53. The summed E-state index contributed by atoms with van der Waals surface area (Å²) in [7, 11) is 1.66. The van der Waals surface area contributed by atoms with Crippen LogP contribution in [0.25, 0.3) is 10.9 Å². The summed E-state index contributed by atoms with van der Waals surface area (Å²) < 4.78 is 5.27. The topological polar surface area (TPSA) is 79.0 Å². The first kappa shape index (κ1) is 16.3. The molecule has 3 rings (SSSR count). The number of thiazole rings is 1. The van der Waals surface area contributed by atoms with E-state index in [0.717, 1.165) is 33.6 Å². The van der Waals surface area contributed by atoms with Gasteiger partial charge in [-0.3, -0.25) is 0 Å². The number of carbonyl (C=O) groups excluding carboxylic acids is 1. The number of ether oxygens (including phenoxy) is 1. The number of urea groups is 1. The predicted molar refractivity (Wildman–Crippen MR) is 95.6 cm³/mol. The molecule has 0 radical (unpaired) electrons. The molecule has 0 fully saturated rings. The number of nitrogens with one attached hydrogen (secondary N) is 3. The molecule has 0 saturated carbocycles. The van der Waals surface area contributed by atoms with E-state index in [0.29, 0.717) is 6.54 Å². The highest BCUT2D eigenvalue weighted by Crippen LogP contribution is 2.23. The molecule has 0 saturated heterocycles. The van der Waals surface area contributed by atoms with E-state index in [9.17, 15) is 4.79 Å². The van der Waals surface area contributed by atoms with Crippen molar-refractivity contribution in [3.8, 4) is 5.75 Å². The van der Waals surface area contributed by atoms with Crippen LogP contribution < -0.4 is 15.4 Å². The number of carbonyl (C=O) groups is 1. The molecule has 2 amide bonds. The summed E-state index contributed by atoms with van der Waals surface area (Å²) in [5.74, 6) is 0.825. The molecule has 2 aromatic heterocycles. The molecule has 0 aliphatic heterocycles. The van der Waals surface area contributed by atoms with E-state index in [1.54, 1.807) is 13.3 Å². The maximum absolute atomic E-state index is 12.0. The van der Waals surface area contributed by atoms with E-state index < -0.39 is 0 Å². The predicted octanol–water partition coefficient (Wildman–Crippen LogP) is 3.24. The van der Waals surface area contributed by atoms with Crippen molar-refractivity contribution in [2.24, 2.45) is 0 Å². The number of rotatable bonds is 6. The Morgan fingerprint density at radius 3 is 3.08 bits per heavy atom. The Labute approximate surface area is 144 Å². The molecule has 1 aromatic carbocycles. The number of benzene rings is 1. The van der Waals surface area contributed by atoms with Gasteiger partial charge in [-0.1, -0.05) is 0 Å². The first-order valence-electron chi connectivity index (χ1n) is 7.75. The molecule has 7 heteroatoms. The molecule has 0 spiro atoms. The lowest BCUT2D eigenvalue weighted by Gasteiger charge is -2.12. The van der Waals surface area contributed by atoms with Crippen LogP contribution in [0.2, 0.25) is 0 Å². The molecule has 3 aromatic rings. The lowest BCUT2D eigenvalue weighted by atomic mass is 10.1. The highest BCUT2D eigenvalue weighted by Gasteiger charge is 2.11. The molecule has 126 valence electrons. The number of aromatic amines is 1. The zero-order valence-electron chi connectivity index (χ0n) is 13.6. The fraction of sp³-hybridized carbons (Fsp3) is 0.294. The van der Waals surface area contributed by atoms with Crippen LogP contribution in [0.3, 0.4) is 0 Å². The summed E-state index contributed by atoms with van der Waals surface area (Å²) in [6.45, 7) is 2.48. The van der Waals surface area contributed by atoms with Crippen LogP contribution in [-0.2, 0) is 6.42 Å². The number of nitrogens with zero attached hydrogens (tertiary/aromatic N) is 1. The van der Waals surface area contributed by atoms with Gasteiger partial charge in [-0.25, -0.2) is 9.78 Å². The number of amides is 2. The normalized spacial score (nSPS) is 12.1. The minimum Gasteiger partial charge on any atom is -0.497 e. The molecule has 24 heavy (non-hydrogen) atoms. The third-order valence-corrected chi connectivity index (χ3v) is 4.78. The first-order chi connectivity index (χ1) is 11.7. The van der Waals surface area contributed by atoms with Gasteiger partial charge in [-0.15, -0.1) is 11.3 Å². The van der Waals surface area contributed by atoms with Crippen LogP contribution in [0, 0.1) is 0 Å². The van der Waals surface area contributed by atoms with Gasteiger partial charge in [-0.05, 0) is 37.1 Å². The molecule has 0 aliphatic rings. The number of fused-ring (bicyclic) bond motifs is 1. The molecule has 0 aliphatic carbocycles. The standard InChI is InChI=1S/C17H20N4O2S/c1-11(16-18-7-8-24-16)21-17(22)19-6-5-12-10-20-15-4-3-13(23-2)9-14(12)15/h3-4,7-11,20H,5-6H2,1-2H3,(H2,19,21,22)/t11-/m0/s1. The summed E-state index contributed by atoms with van der Waals surface area (Å²) in [5.41, 5.74) is 2.21. The Morgan fingerprint density at radius 1 is 1.46 bits per heavy atom. The van der Waals surface area contributed by atoms with Crippen LogP contribution in [0.15, 0.2) is 36.0 Å². The van der Waals surface area contributed by atoms with E-state index in [1.165, 1.54) is 11.3 Å². The summed E-state index contributed by atoms with van der Waals surface area (Å²) >= 11 is 1.53. The van der Waals surface area contributed by atoms with Crippen molar-refractivity contribution in [1.29, 1.82) is 0 Å². The average molecular weight is 344 g/mol. The van der Waals surface area contributed by atoms with Crippen molar-refractivity contribution in [2.45, 2.75) is 19.4 Å². The maximum atomic E-state index is 12.0. The zero-order chi connectivity index (χ0) is 16.9. The molecule has 0 unspecified atom stereocenters. The number of hydrogen-bond donors (Lipinski definition) is 3. The van der Waals surface area contributed by atoms with Crippen molar-refractivity contribution < 1.29 is 9.53 Å². The lowest BCUT2D eigenvalue weighted by molar-refractivity contribution is 0.238. The van der Waals surface area contributed by atoms with E-state index in [1.807, 2.05) is 36.7 Å². The third-order valence-electron chi connectivity index (χ3n) is 3.82. The second-order valence-electron chi connectivity index (χ2n) is 5.47. The second kappa shape index (κ2) is 7.35. The molecule has 1 atom stereocenters. The van der Waals surface area contributed by atoms with Crippen molar-refractivity contribution in [1.82, 2.24) is 20.6 Å². The summed E-state index contributed by atoms with van der Waals surface area (Å²) in [6.07, 6.45) is 4.45. The Bertz CT molecular complexity index is 813. The monoisotopic (exact) mass is 344 g/mol. The van der Waals surface area contributed by atoms with Gasteiger partial charge in [0.1, 0.15) is 10.8 Å². The fourth-order valence-electron chi connectivity index (χ4n) is 2.56. The number of H-pyrrole nitrogens is 1. The molecular formula is C17H20N4O2S. The van der Waals surface area contributed by atoms with Crippen molar-refractivity contribution in [3.63, 3.8) is 0 Å². The minimum atomic E-state index is -0.185. The highest BCUT2D eigenvalue weighted by atomic mass is 32.1. The smallest absolute Gasteiger partial charge is 0.315 e. The average Bonchev–Trinajstić information content (AvgIpc) is 3.24. The van der Waals surface area contributed by atoms with Gasteiger partial charge < -0.3 is 20.4 Å². The molecule has 2 heterocycles. The van der Waals surface area contributed by atoms with E-state index in [2.05, 4.69) is 20.6 Å². The maximum Gasteiger partial charge on any atom is 0.315 e. The second-order valence-corrected chi connectivity index (χ2v) is 6.39. The number of aromatic nitrogens is 2. The Kier molecular flexibility index (Phi) is 5.00. The van der Waals surface area contributed by atoms with Gasteiger partial charge in [0.2, 0.25) is 0 Å². The van der Waals surface area contributed by atoms with Gasteiger partial charge in [0.25, 0.3) is 0 Å². The molecule has 0 bridgehead atoms. The Morgan fingerprint density at radius 2 is 2.33 bits per heavy atom. The first-order valence-corrected chi connectivity index (χ1v) is 8.63. The molecular weight excluding hydrogens is 324 g/mol. The van der Waals surface area contributed by atoms with Crippen molar-refractivity contribution >= 4 is 28.3 Å². The highest BCUT2D eigenvalue weighted by molar-refractivity contribution is 7.09. The van der Waals surface area contributed by atoms with Gasteiger partial charge >= 0.3 is 6.03 Å². The molecule has 6 nitrogen and oxygen atoms in total. The Hall–Kier alpha value is -2.54. The van der Waals surface area contributed by atoms with Crippen LogP contribution in [0.1, 0.15) is 23.5 Å². The summed E-state index contributed by atoms with van der Waals surface area (Å²) in [5, 5.41) is 9.69. The van der Waals surface area contributed by atoms with Crippen molar-refractivity contribution in [2.75, 3.05) is 13.7 Å². The lowest BCUT2D eigenvalue weighted by Crippen LogP contribution is -2.38. The van der Waals surface area contributed by atoms with Gasteiger partial charge in [0, 0.05) is 35.2 Å². The number of hydrogen-bond acceptors (Lipinski definition) is 4. The minimum absolute atomic E-state index is 0.0950. The van der Waals surface area contributed by atoms with Crippen LogP contribution >= 0.6 is 11.3 Å². The zero-order valence-corrected chi connectivity index (χ0v) is 14.4. The summed E-state index contributed by atoms with van der Waals surface area (Å²) in [6, 6.07) is 5.64. The number of methoxy groups -OCH3 is 1. The van der Waals surface area contributed by atoms with Gasteiger partial charge in [0.05, 0.1) is 13.2 Å². The van der Waals surface area contributed by atoms with Crippen LogP contribution in [0.5, 0.6) is 5.75 Å². The SMILES string of the molecule is COc1ccc2[nH]cc(CCNC(=O)N[C@@H](C)c3nccs3)c2c1. The van der Waals surface area contributed by atoms with E-state index in [-0.39, 0.29) is 12.1 Å². The largest absolute Gasteiger partial charge is 0.497 e. The van der Waals surface area contributed by atoms with Gasteiger partial charge in [0.15, 0.2) is 0 Å². The summed E-state index contributed by atoms with van der Waals surface area (Å²) in [4.78, 5) is 19.4. The van der Waals surface area contributed by atoms with E-state index in [4.69, 9.17) is 4.74 Å². The van der Waals surface area contributed by atoms with Crippen LogP contribution in [-0.4, -0.2) is 29.7 Å². The fourth-order valence-corrected chi connectivity index (χ4v) is 3.21. The van der Waals surface area contributed by atoms with Crippen molar-refractivity contribution in [3.05, 3.63) is 46.5 Å².